The molecule has 0 N–H and O–H groups in total. The average Bonchev–Trinajstić information content (AvgIpc) is 3.77. The van der Waals surface area contributed by atoms with E-state index in [1.807, 2.05) is 34.0 Å². The van der Waals surface area contributed by atoms with Gasteiger partial charge in [0.25, 0.3) is 0 Å². The Labute approximate surface area is 259 Å². The third kappa shape index (κ3) is 3.30. The van der Waals surface area contributed by atoms with E-state index in [1.165, 1.54) is 93.5 Å². The summed E-state index contributed by atoms with van der Waals surface area (Å²) in [6, 6.07) is 49.4. The monoisotopic (exact) mass is 598 g/mol. The standard InChI is InChI=1S/C40H22S3/c1-3-15-27-23(11-1)24-12-2-4-16-28(24)36-35(27)39(31-19-9-17-29-25-13-5-7-21-33(25)41-37(29)31)43-40(36)32-20-10-18-30-26-14-6-8-22-34(26)42-38(30)32/h1-22H. The fourth-order valence-electron chi connectivity index (χ4n) is 7.05. The maximum atomic E-state index is 2.34. The molecule has 0 aliphatic carbocycles. The summed E-state index contributed by atoms with van der Waals surface area (Å²) < 4.78 is 5.43. The van der Waals surface area contributed by atoms with E-state index in [1.54, 1.807) is 0 Å². The van der Waals surface area contributed by atoms with Crippen molar-refractivity contribution < 1.29 is 0 Å². The first-order valence-corrected chi connectivity index (χ1v) is 17.0. The predicted molar refractivity (Wildman–Crippen MR) is 193 cm³/mol. The van der Waals surface area contributed by atoms with Crippen molar-refractivity contribution in [3.63, 3.8) is 0 Å². The van der Waals surface area contributed by atoms with Crippen molar-refractivity contribution in [2.75, 3.05) is 0 Å². The highest BCUT2D eigenvalue weighted by Crippen LogP contribution is 2.54. The number of benzene rings is 7. The minimum atomic E-state index is 1.32. The van der Waals surface area contributed by atoms with Crippen LogP contribution in [0.1, 0.15) is 0 Å². The first kappa shape index (κ1) is 24.0. The molecule has 3 heteroatoms. The summed E-state index contributed by atoms with van der Waals surface area (Å²) in [4.78, 5) is 2.73. The smallest absolute Gasteiger partial charge is 0.0448 e. The molecule has 0 fully saturated rings. The van der Waals surface area contributed by atoms with Crippen LogP contribution in [-0.4, -0.2) is 0 Å². The summed E-state index contributed by atoms with van der Waals surface area (Å²) in [5.74, 6) is 0. The quantitative estimate of drug-likeness (QED) is 0.174. The summed E-state index contributed by atoms with van der Waals surface area (Å²) in [6.07, 6.45) is 0. The molecule has 3 heterocycles. The molecule has 7 aromatic carbocycles. The molecule has 0 radical (unpaired) electrons. The summed E-state index contributed by atoms with van der Waals surface area (Å²) in [5, 5.41) is 13.4. The van der Waals surface area contributed by atoms with Crippen LogP contribution < -0.4 is 0 Å². The van der Waals surface area contributed by atoms with Crippen LogP contribution in [0.4, 0.5) is 0 Å². The van der Waals surface area contributed by atoms with E-state index in [-0.39, 0.29) is 0 Å². The molecule has 0 atom stereocenters. The van der Waals surface area contributed by atoms with Crippen molar-refractivity contribution in [3.8, 4) is 20.9 Å². The summed E-state index contributed by atoms with van der Waals surface area (Å²) in [7, 11) is 0. The van der Waals surface area contributed by atoms with E-state index in [2.05, 4.69) is 133 Å². The molecule has 0 nitrogen and oxygen atoms in total. The molecule has 0 aliphatic heterocycles. The second kappa shape index (κ2) is 8.98. The van der Waals surface area contributed by atoms with Crippen molar-refractivity contribution in [3.05, 3.63) is 133 Å². The lowest BCUT2D eigenvalue weighted by Crippen LogP contribution is -1.83. The van der Waals surface area contributed by atoms with Gasteiger partial charge in [0.2, 0.25) is 0 Å². The molecule has 0 unspecified atom stereocenters. The van der Waals surface area contributed by atoms with Gasteiger partial charge in [-0.3, -0.25) is 0 Å². The van der Waals surface area contributed by atoms with E-state index in [0.29, 0.717) is 0 Å². The molecule has 200 valence electrons. The molecule has 43 heavy (non-hydrogen) atoms. The fraction of sp³-hybridized carbons (Fsp3) is 0. The van der Waals surface area contributed by atoms with E-state index >= 15 is 0 Å². The Balaban J connectivity index is 1.43. The van der Waals surface area contributed by atoms with Crippen molar-refractivity contribution in [2.24, 2.45) is 0 Å². The summed E-state index contributed by atoms with van der Waals surface area (Å²) >= 11 is 5.81. The average molecular weight is 599 g/mol. The first-order chi connectivity index (χ1) is 21.3. The largest absolute Gasteiger partial charge is 0.135 e. The van der Waals surface area contributed by atoms with Crippen LogP contribution in [0.15, 0.2) is 133 Å². The molecule has 0 saturated carbocycles. The Bertz CT molecular complexity index is 2550. The molecule has 10 rings (SSSR count). The lowest BCUT2D eigenvalue weighted by molar-refractivity contribution is 1.79. The zero-order valence-corrected chi connectivity index (χ0v) is 25.4. The normalized spacial score (nSPS) is 12.2. The van der Waals surface area contributed by atoms with Crippen molar-refractivity contribution >= 4 is 107 Å². The molecule has 0 bridgehead atoms. The van der Waals surface area contributed by atoms with Crippen LogP contribution in [0, 0.1) is 0 Å². The van der Waals surface area contributed by atoms with Crippen LogP contribution in [0.25, 0.3) is 93.5 Å². The first-order valence-electron chi connectivity index (χ1n) is 14.5. The summed E-state index contributed by atoms with van der Waals surface area (Å²) in [5.41, 5.74) is 2.67. The van der Waals surface area contributed by atoms with Crippen LogP contribution >= 0.6 is 34.0 Å². The maximum Gasteiger partial charge on any atom is 0.0448 e. The molecular weight excluding hydrogens is 577 g/mol. The number of hydrogen-bond donors (Lipinski definition) is 0. The second-order valence-corrected chi connectivity index (χ2v) is 14.3. The number of thiophene rings is 3. The van der Waals surface area contributed by atoms with Crippen LogP contribution in [-0.2, 0) is 0 Å². The highest BCUT2D eigenvalue weighted by Gasteiger charge is 2.24. The fourth-order valence-corrected chi connectivity index (χ4v) is 11.0. The second-order valence-electron chi connectivity index (χ2n) is 11.2. The van der Waals surface area contributed by atoms with Gasteiger partial charge in [0, 0.05) is 72.0 Å². The highest BCUT2D eigenvalue weighted by molar-refractivity contribution is 7.28. The van der Waals surface area contributed by atoms with Crippen molar-refractivity contribution in [1.82, 2.24) is 0 Å². The number of hydrogen-bond acceptors (Lipinski definition) is 3. The summed E-state index contributed by atoms with van der Waals surface area (Å²) in [6.45, 7) is 0. The maximum absolute atomic E-state index is 2.34. The van der Waals surface area contributed by atoms with Gasteiger partial charge < -0.3 is 0 Å². The van der Waals surface area contributed by atoms with Crippen LogP contribution in [0.3, 0.4) is 0 Å². The van der Waals surface area contributed by atoms with Gasteiger partial charge in [-0.2, -0.15) is 0 Å². The van der Waals surface area contributed by atoms with E-state index < -0.39 is 0 Å². The van der Waals surface area contributed by atoms with Crippen LogP contribution in [0.2, 0.25) is 0 Å². The van der Waals surface area contributed by atoms with Gasteiger partial charge in [-0.25, -0.2) is 0 Å². The highest BCUT2D eigenvalue weighted by atomic mass is 32.1. The van der Waals surface area contributed by atoms with Gasteiger partial charge >= 0.3 is 0 Å². The SMILES string of the molecule is c1ccc2c(c1)sc1c(-c3sc(-c4cccc5c4sc4ccccc45)c4c5ccccc5c5ccccc5c34)cccc12. The number of fused-ring (bicyclic) bond motifs is 12. The van der Waals surface area contributed by atoms with Gasteiger partial charge in [-0.1, -0.05) is 121 Å². The Kier molecular flexibility index (Phi) is 5.00. The van der Waals surface area contributed by atoms with Gasteiger partial charge in [0.1, 0.15) is 0 Å². The number of rotatable bonds is 2. The van der Waals surface area contributed by atoms with Crippen LogP contribution in [0.5, 0.6) is 0 Å². The lowest BCUT2D eigenvalue weighted by atomic mass is 9.92. The van der Waals surface area contributed by atoms with Gasteiger partial charge in [0.05, 0.1) is 0 Å². The Morgan fingerprint density at radius 2 is 0.651 bits per heavy atom. The van der Waals surface area contributed by atoms with Gasteiger partial charge in [-0.15, -0.1) is 34.0 Å². The molecular formula is C40H22S3. The third-order valence-electron chi connectivity index (χ3n) is 8.89. The van der Waals surface area contributed by atoms with Gasteiger partial charge in [0.15, 0.2) is 0 Å². The Morgan fingerprint density at radius 1 is 0.279 bits per heavy atom. The molecule has 3 aromatic heterocycles. The Hall–Kier alpha value is -4.54. The van der Waals surface area contributed by atoms with E-state index in [0.717, 1.165) is 0 Å². The van der Waals surface area contributed by atoms with Crippen molar-refractivity contribution in [1.29, 1.82) is 0 Å². The zero-order chi connectivity index (χ0) is 28.1. The Morgan fingerprint density at radius 3 is 1.12 bits per heavy atom. The molecule has 0 spiro atoms. The van der Waals surface area contributed by atoms with Gasteiger partial charge in [-0.05, 0) is 33.7 Å². The molecule has 0 aliphatic rings. The topological polar surface area (TPSA) is 0 Å². The lowest BCUT2D eigenvalue weighted by Gasteiger charge is -2.10. The van der Waals surface area contributed by atoms with E-state index in [4.69, 9.17) is 0 Å². The molecule has 0 saturated heterocycles. The third-order valence-corrected chi connectivity index (χ3v) is 12.6. The minimum Gasteiger partial charge on any atom is -0.135 e. The van der Waals surface area contributed by atoms with Crippen molar-refractivity contribution in [2.45, 2.75) is 0 Å². The molecule has 10 aromatic rings. The predicted octanol–water partition coefficient (Wildman–Crippen LogP) is 13.3. The minimum absolute atomic E-state index is 1.32. The van der Waals surface area contributed by atoms with E-state index in [9.17, 15) is 0 Å². The molecule has 0 amide bonds. The zero-order valence-electron chi connectivity index (χ0n) is 22.9.